The van der Waals surface area contributed by atoms with Gasteiger partial charge in [-0.05, 0) is 47.7 Å². The molecule has 5 N–H and O–H groups in total. The lowest BCUT2D eigenvalue weighted by Gasteiger charge is -2.48. The topological polar surface area (TPSA) is 151 Å². The van der Waals surface area contributed by atoms with Crippen LogP contribution in [0.1, 0.15) is 24.3 Å². The van der Waals surface area contributed by atoms with E-state index in [1.165, 1.54) is 30.1 Å². The predicted molar refractivity (Wildman–Crippen MR) is 120 cm³/mol. The maximum Gasteiger partial charge on any atom is 0.300 e. The third-order valence-electron chi connectivity index (χ3n) is 4.56. The van der Waals surface area contributed by atoms with Gasteiger partial charge in [-0.15, -0.1) is 0 Å². The van der Waals surface area contributed by atoms with Crippen LogP contribution in [-0.4, -0.2) is 61.5 Å². The number of aliphatic hydroxyl groups is 1. The fourth-order valence-electron chi connectivity index (χ4n) is 2.72. The van der Waals surface area contributed by atoms with Crippen molar-refractivity contribution in [2.45, 2.75) is 25.5 Å². The summed E-state index contributed by atoms with van der Waals surface area (Å²) in [4.78, 5) is 35.2. The van der Waals surface area contributed by atoms with Gasteiger partial charge in [0.1, 0.15) is 11.4 Å². The molecule has 1 saturated heterocycles. The summed E-state index contributed by atoms with van der Waals surface area (Å²) in [7, 11) is 1.42. The molecule has 1 unspecified atom stereocenters. The third kappa shape index (κ3) is 5.98. The second kappa shape index (κ2) is 9.70. The van der Waals surface area contributed by atoms with Crippen LogP contribution in [0.25, 0.3) is 0 Å². The Bertz CT molecular complexity index is 1050. The SMILES string of the molecule is CC(=O)O.CC(N)C1(O)CN(C(=O)c2nn(C)c(=O)cc2Nc2ccc(I)cc2F)C1. The normalized spacial score (nSPS) is 15.3. The molecule has 0 bridgehead atoms. The lowest BCUT2D eigenvalue weighted by atomic mass is 9.87. The molecule has 3 rings (SSSR count). The van der Waals surface area contributed by atoms with Crippen molar-refractivity contribution in [3.63, 3.8) is 0 Å². The monoisotopic (exact) mass is 547 g/mol. The van der Waals surface area contributed by atoms with Crippen molar-refractivity contribution in [3.8, 4) is 0 Å². The van der Waals surface area contributed by atoms with E-state index < -0.39 is 34.9 Å². The Morgan fingerprint density at radius 3 is 2.42 bits per heavy atom. The maximum atomic E-state index is 14.2. The first kappa shape index (κ1) is 24.7. The van der Waals surface area contributed by atoms with Crippen molar-refractivity contribution in [1.29, 1.82) is 0 Å². The minimum atomic E-state index is -1.15. The molecular weight excluding hydrogens is 524 g/mol. The number of carbonyl (C=O) groups is 2. The van der Waals surface area contributed by atoms with E-state index in [4.69, 9.17) is 15.6 Å². The molecule has 10 nitrogen and oxygen atoms in total. The zero-order valence-electron chi connectivity index (χ0n) is 17.1. The number of amides is 1. The molecule has 1 fully saturated rings. The minimum Gasteiger partial charge on any atom is -0.481 e. The Morgan fingerprint density at radius 1 is 1.32 bits per heavy atom. The number of carboxylic acid groups (broad SMARTS) is 1. The minimum absolute atomic E-state index is 0.0400. The van der Waals surface area contributed by atoms with Crippen LogP contribution in [-0.2, 0) is 11.8 Å². The van der Waals surface area contributed by atoms with Gasteiger partial charge in [0, 0.05) is 29.6 Å². The molecule has 0 radical (unpaired) electrons. The van der Waals surface area contributed by atoms with Crippen LogP contribution >= 0.6 is 22.6 Å². The molecule has 31 heavy (non-hydrogen) atoms. The highest BCUT2D eigenvalue weighted by Crippen LogP contribution is 2.28. The Labute approximate surface area is 191 Å². The number of β-amino-alcohol motifs (C(OH)–C–C–N with tert-alkyl or cyclic N) is 1. The number of anilines is 2. The zero-order valence-corrected chi connectivity index (χ0v) is 19.3. The summed E-state index contributed by atoms with van der Waals surface area (Å²) in [6.07, 6.45) is 0. The van der Waals surface area contributed by atoms with Crippen molar-refractivity contribution < 1.29 is 24.2 Å². The third-order valence-corrected chi connectivity index (χ3v) is 5.23. The number of aromatic nitrogens is 2. The van der Waals surface area contributed by atoms with Crippen LogP contribution in [0.3, 0.4) is 0 Å². The van der Waals surface area contributed by atoms with Gasteiger partial charge in [-0.3, -0.25) is 14.4 Å². The molecule has 1 aliphatic heterocycles. The molecule has 1 atom stereocenters. The van der Waals surface area contributed by atoms with E-state index in [-0.39, 0.29) is 30.2 Å². The fraction of sp³-hybridized carbons (Fsp3) is 0.368. The van der Waals surface area contributed by atoms with Crippen LogP contribution in [0, 0.1) is 9.39 Å². The van der Waals surface area contributed by atoms with Gasteiger partial charge >= 0.3 is 0 Å². The molecular formula is C19H23FIN5O5. The highest BCUT2D eigenvalue weighted by molar-refractivity contribution is 14.1. The number of aryl methyl sites for hydroxylation is 1. The molecule has 1 aliphatic rings. The summed E-state index contributed by atoms with van der Waals surface area (Å²) in [6, 6.07) is 5.24. The number of carboxylic acids is 1. The van der Waals surface area contributed by atoms with Gasteiger partial charge in [-0.1, -0.05) is 0 Å². The number of aliphatic carboxylic acids is 1. The number of halogens is 2. The molecule has 0 aliphatic carbocycles. The second-order valence-corrected chi connectivity index (χ2v) is 8.44. The van der Waals surface area contributed by atoms with Gasteiger partial charge in [0.15, 0.2) is 5.69 Å². The quantitative estimate of drug-likeness (QED) is 0.413. The van der Waals surface area contributed by atoms with E-state index in [9.17, 15) is 19.1 Å². The molecule has 168 valence electrons. The zero-order chi connectivity index (χ0) is 23.5. The van der Waals surface area contributed by atoms with Crippen LogP contribution in [0.4, 0.5) is 15.8 Å². The lowest BCUT2D eigenvalue weighted by Crippen LogP contribution is -2.70. The molecule has 1 aromatic carbocycles. The maximum absolute atomic E-state index is 14.2. The largest absolute Gasteiger partial charge is 0.481 e. The van der Waals surface area contributed by atoms with Crippen molar-refractivity contribution >= 4 is 45.8 Å². The van der Waals surface area contributed by atoms with E-state index >= 15 is 0 Å². The summed E-state index contributed by atoms with van der Waals surface area (Å²) in [5, 5.41) is 24.5. The molecule has 1 aromatic heterocycles. The summed E-state index contributed by atoms with van der Waals surface area (Å²) in [5.41, 5.74) is 4.32. The summed E-state index contributed by atoms with van der Waals surface area (Å²) in [6.45, 7) is 2.87. The van der Waals surface area contributed by atoms with Crippen LogP contribution < -0.4 is 16.6 Å². The van der Waals surface area contributed by atoms with Crippen molar-refractivity contribution in [2.24, 2.45) is 12.8 Å². The second-order valence-electron chi connectivity index (χ2n) is 7.19. The van der Waals surface area contributed by atoms with Crippen LogP contribution in [0.15, 0.2) is 29.1 Å². The Morgan fingerprint density at radius 2 is 1.90 bits per heavy atom. The van der Waals surface area contributed by atoms with Gasteiger partial charge in [-0.25, -0.2) is 9.07 Å². The molecule has 1 amide bonds. The smallest absolute Gasteiger partial charge is 0.300 e. The van der Waals surface area contributed by atoms with Gasteiger partial charge < -0.3 is 26.2 Å². The first-order chi connectivity index (χ1) is 14.3. The first-order valence-electron chi connectivity index (χ1n) is 9.11. The van der Waals surface area contributed by atoms with E-state index in [0.29, 0.717) is 3.57 Å². The highest BCUT2D eigenvalue weighted by atomic mass is 127. The first-order valence-corrected chi connectivity index (χ1v) is 10.2. The van der Waals surface area contributed by atoms with Crippen LogP contribution in [0.5, 0.6) is 0 Å². The van der Waals surface area contributed by atoms with Gasteiger partial charge in [0.25, 0.3) is 17.4 Å². The van der Waals surface area contributed by atoms with Gasteiger partial charge in [0.2, 0.25) is 0 Å². The number of carbonyl (C=O) groups excluding carboxylic acids is 1. The molecule has 0 spiro atoms. The standard InChI is InChI=1S/C17H19FIN5O3.C2H4O2/c1-9(20)17(27)7-24(8-17)16(26)15-13(6-14(25)23(2)22-15)21-12-4-3-10(19)5-11(12)18;1-2(3)4/h3-6,9,21,27H,7-8,20H2,1-2H3;1H3,(H,3,4). The van der Waals surface area contributed by atoms with Gasteiger partial charge in [0.05, 0.1) is 24.5 Å². The highest BCUT2D eigenvalue weighted by Gasteiger charge is 2.47. The van der Waals surface area contributed by atoms with Gasteiger partial charge in [-0.2, -0.15) is 5.10 Å². The van der Waals surface area contributed by atoms with E-state index in [1.807, 2.05) is 22.6 Å². The molecule has 0 saturated carbocycles. The van der Waals surface area contributed by atoms with Crippen molar-refractivity contribution in [3.05, 3.63) is 49.7 Å². The lowest BCUT2D eigenvalue weighted by molar-refractivity contribution is -0.134. The number of hydrogen-bond acceptors (Lipinski definition) is 7. The predicted octanol–water partition coefficient (Wildman–Crippen LogP) is 0.893. The number of nitrogens with one attached hydrogen (secondary N) is 1. The average molecular weight is 547 g/mol. The van der Waals surface area contributed by atoms with E-state index in [1.54, 1.807) is 13.0 Å². The fourth-order valence-corrected chi connectivity index (χ4v) is 3.18. The Hall–Kier alpha value is -2.58. The molecule has 2 heterocycles. The van der Waals surface area contributed by atoms with Crippen molar-refractivity contribution in [2.75, 3.05) is 18.4 Å². The summed E-state index contributed by atoms with van der Waals surface area (Å²) >= 11 is 1.98. The number of nitrogens with zero attached hydrogens (tertiary/aromatic N) is 3. The number of rotatable bonds is 4. The Balaban J connectivity index is 0.000000785. The number of benzene rings is 1. The number of likely N-dealkylation sites (tertiary alicyclic amines) is 1. The number of nitrogens with two attached hydrogens (primary N) is 1. The average Bonchev–Trinajstić information content (AvgIpc) is 2.62. The van der Waals surface area contributed by atoms with E-state index in [0.717, 1.165) is 11.6 Å². The molecule has 12 heteroatoms. The Kier molecular flexibility index (Phi) is 7.72. The van der Waals surface area contributed by atoms with Crippen molar-refractivity contribution in [1.82, 2.24) is 14.7 Å². The van der Waals surface area contributed by atoms with Crippen LogP contribution in [0.2, 0.25) is 0 Å². The summed E-state index contributed by atoms with van der Waals surface area (Å²) < 4.78 is 15.9. The molecule has 2 aromatic rings. The summed E-state index contributed by atoms with van der Waals surface area (Å²) in [5.74, 6) is -1.83. The van der Waals surface area contributed by atoms with E-state index in [2.05, 4.69) is 10.4 Å². The number of hydrogen-bond donors (Lipinski definition) is 4.